The van der Waals surface area contributed by atoms with Crippen molar-refractivity contribution in [1.29, 1.82) is 0 Å². The van der Waals surface area contributed by atoms with Crippen LogP contribution >= 0.6 is 11.3 Å². The van der Waals surface area contributed by atoms with Crippen LogP contribution in [0, 0.1) is 0 Å². The predicted octanol–water partition coefficient (Wildman–Crippen LogP) is 2.28. The molecule has 18 heavy (non-hydrogen) atoms. The van der Waals surface area contributed by atoms with Gasteiger partial charge in [-0.25, -0.2) is 0 Å². The van der Waals surface area contributed by atoms with Crippen molar-refractivity contribution >= 4 is 11.3 Å². The molecule has 3 rings (SSSR count). The summed E-state index contributed by atoms with van der Waals surface area (Å²) in [7, 11) is 0. The van der Waals surface area contributed by atoms with Gasteiger partial charge in [0.15, 0.2) is 0 Å². The standard InChI is InChI=1S/C13H15N3OS/c1-8(14)12-15-16-13(18-12)10-6-9-4-2-3-5-11(9)17-7-10/h2-5,8,10H,6-7,14H2,1H3. The third-order valence-electron chi connectivity index (χ3n) is 3.07. The highest BCUT2D eigenvalue weighted by molar-refractivity contribution is 7.11. The minimum atomic E-state index is -0.0481. The minimum Gasteiger partial charge on any atom is -0.493 e. The van der Waals surface area contributed by atoms with Crippen LogP contribution in [0.2, 0.25) is 0 Å². The van der Waals surface area contributed by atoms with E-state index in [-0.39, 0.29) is 6.04 Å². The Bertz CT molecular complexity index is 553. The summed E-state index contributed by atoms with van der Waals surface area (Å²) in [5.41, 5.74) is 7.05. The molecule has 0 fully saturated rings. The molecule has 2 heterocycles. The molecule has 1 aromatic carbocycles. The van der Waals surface area contributed by atoms with Crippen LogP contribution in [-0.2, 0) is 6.42 Å². The molecule has 0 bridgehead atoms. The molecule has 94 valence electrons. The van der Waals surface area contributed by atoms with Crippen molar-refractivity contribution in [3.63, 3.8) is 0 Å². The van der Waals surface area contributed by atoms with Crippen molar-refractivity contribution in [3.05, 3.63) is 39.8 Å². The summed E-state index contributed by atoms with van der Waals surface area (Å²) in [6, 6.07) is 8.11. The fourth-order valence-electron chi connectivity index (χ4n) is 2.08. The predicted molar refractivity (Wildman–Crippen MR) is 70.9 cm³/mol. The highest BCUT2D eigenvalue weighted by Crippen LogP contribution is 2.33. The summed E-state index contributed by atoms with van der Waals surface area (Å²) in [5.74, 6) is 1.29. The molecule has 1 aromatic heterocycles. The van der Waals surface area contributed by atoms with Gasteiger partial charge in [-0.2, -0.15) is 0 Å². The maximum Gasteiger partial charge on any atom is 0.133 e. The lowest BCUT2D eigenvalue weighted by Crippen LogP contribution is -2.18. The molecule has 1 aliphatic rings. The average molecular weight is 261 g/mol. The van der Waals surface area contributed by atoms with E-state index >= 15 is 0 Å². The van der Waals surface area contributed by atoms with Gasteiger partial charge in [0.2, 0.25) is 0 Å². The van der Waals surface area contributed by atoms with Gasteiger partial charge in [0.1, 0.15) is 15.8 Å². The molecule has 0 spiro atoms. The van der Waals surface area contributed by atoms with Crippen LogP contribution in [0.15, 0.2) is 24.3 Å². The van der Waals surface area contributed by atoms with E-state index in [1.165, 1.54) is 5.56 Å². The Morgan fingerprint density at radius 2 is 2.22 bits per heavy atom. The number of fused-ring (bicyclic) bond motifs is 1. The van der Waals surface area contributed by atoms with Gasteiger partial charge in [-0.05, 0) is 25.0 Å². The molecule has 0 amide bonds. The molecule has 2 N–H and O–H groups in total. The van der Waals surface area contributed by atoms with E-state index in [0.717, 1.165) is 22.2 Å². The molecule has 1 aliphatic heterocycles. The van der Waals surface area contributed by atoms with Crippen molar-refractivity contribution in [3.8, 4) is 5.75 Å². The van der Waals surface area contributed by atoms with Gasteiger partial charge in [-0.1, -0.05) is 29.5 Å². The monoisotopic (exact) mass is 261 g/mol. The normalized spacial score (nSPS) is 20.0. The fourth-order valence-corrected chi connectivity index (χ4v) is 2.96. The number of ether oxygens (including phenoxy) is 1. The van der Waals surface area contributed by atoms with Crippen LogP contribution < -0.4 is 10.5 Å². The van der Waals surface area contributed by atoms with Gasteiger partial charge < -0.3 is 10.5 Å². The molecule has 2 aromatic rings. The third kappa shape index (κ3) is 2.11. The van der Waals surface area contributed by atoms with Gasteiger partial charge in [0.05, 0.1) is 18.6 Å². The lowest BCUT2D eigenvalue weighted by molar-refractivity contribution is 0.262. The molecule has 2 unspecified atom stereocenters. The average Bonchev–Trinajstić information content (AvgIpc) is 2.88. The van der Waals surface area contributed by atoms with E-state index in [1.54, 1.807) is 11.3 Å². The van der Waals surface area contributed by atoms with Gasteiger partial charge in [0.25, 0.3) is 0 Å². The van der Waals surface area contributed by atoms with Crippen LogP contribution in [-0.4, -0.2) is 16.8 Å². The summed E-state index contributed by atoms with van der Waals surface area (Å²) in [5, 5.41) is 10.3. The summed E-state index contributed by atoms with van der Waals surface area (Å²) in [6.45, 7) is 2.60. The first-order chi connectivity index (χ1) is 8.74. The molecule has 0 aliphatic carbocycles. The van der Waals surface area contributed by atoms with Crippen molar-refractivity contribution in [2.45, 2.75) is 25.3 Å². The molecule has 0 saturated carbocycles. The lowest BCUT2D eigenvalue weighted by Gasteiger charge is -2.23. The van der Waals surface area contributed by atoms with E-state index in [9.17, 15) is 0 Å². The first-order valence-electron chi connectivity index (χ1n) is 6.03. The van der Waals surface area contributed by atoms with Crippen LogP contribution in [0.1, 0.15) is 34.5 Å². The smallest absolute Gasteiger partial charge is 0.133 e. The van der Waals surface area contributed by atoms with Crippen LogP contribution in [0.5, 0.6) is 5.75 Å². The zero-order chi connectivity index (χ0) is 12.5. The molecule has 2 atom stereocenters. The number of rotatable bonds is 2. The second-order valence-electron chi connectivity index (χ2n) is 4.59. The summed E-state index contributed by atoms with van der Waals surface area (Å²) >= 11 is 1.59. The molecular weight excluding hydrogens is 246 g/mol. The van der Waals surface area contributed by atoms with E-state index in [0.29, 0.717) is 12.5 Å². The number of hydrogen-bond acceptors (Lipinski definition) is 5. The van der Waals surface area contributed by atoms with Crippen LogP contribution in [0.3, 0.4) is 0 Å². The fraction of sp³-hybridized carbons (Fsp3) is 0.385. The van der Waals surface area contributed by atoms with E-state index in [2.05, 4.69) is 16.3 Å². The Morgan fingerprint density at radius 1 is 1.39 bits per heavy atom. The van der Waals surface area contributed by atoms with Gasteiger partial charge in [0, 0.05) is 0 Å². The molecular formula is C13H15N3OS. The van der Waals surface area contributed by atoms with Crippen molar-refractivity contribution in [2.24, 2.45) is 5.73 Å². The highest BCUT2D eigenvalue weighted by Gasteiger charge is 2.24. The van der Waals surface area contributed by atoms with Gasteiger partial charge >= 0.3 is 0 Å². The molecule has 0 saturated heterocycles. The second-order valence-corrected chi connectivity index (χ2v) is 5.63. The largest absolute Gasteiger partial charge is 0.493 e. The van der Waals surface area contributed by atoms with Gasteiger partial charge in [-0.3, -0.25) is 0 Å². The second kappa shape index (κ2) is 4.66. The summed E-state index contributed by atoms with van der Waals surface area (Å²) in [6.07, 6.45) is 0.962. The topological polar surface area (TPSA) is 61.0 Å². The number of nitrogens with zero attached hydrogens (tertiary/aromatic N) is 2. The number of aromatic nitrogens is 2. The number of hydrogen-bond donors (Lipinski definition) is 1. The zero-order valence-corrected chi connectivity index (χ0v) is 11.0. The van der Waals surface area contributed by atoms with E-state index in [1.807, 2.05) is 25.1 Å². The molecule has 0 radical (unpaired) electrons. The van der Waals surface area contributed by atoms with Crippen molar-refractivity contribution in [2.75, 3.05) is 6.61 Å². The summed E-state index contributed by atoms with van der Waals surface area (Å²) < 4.78 is 5.77. The van der Waals surface area contributed by atoms with Crippen molar-refractivity contribution < 1.29 is 4.74 Å². The zero-order valence-electron chi connectivity index (χ0n) is 10.2. The third-order valence-corrected chi connectivity index (χ3v) is 4.36. The Morgan fingerprint density at radius 3 is 3.00 bits per heavy atom. The molecule has 4 nitrogen and oxygen atoms in total. The number of para-hydroxylation sites is 1. The van der Waals surface area contributed by atoms with Gasteiger partial charge in [-0.15, -0.1) is 10.2 Å². The first-order valence-corrected chi connectivity index (χ1v) is 6.85. The van der Waals surface area contributed by atoms with Crippen molar-refractivity contribution in [1.82, 2.24) is 10.2 Å². The lowest BCUT2D eigenvalue weighted by atomic mass is 9.97. The Labute approximate surface area is 110 Å². The number of benzene rings is 1. The maximum absolute atomic E-state index is 5.81. The highest BCUT2D eigenvalue weighted by atomic mass is 32.1. The SMILES string of the molecule is CC(N)c1nnc(C2COc3ccccc3C2)s1. The van der Waals surface area contributed by atoms with E-state index in [4.69, 9.17) is 10.5 Å². The quantitative estimate of drug-likeness (QED) is 0.901. The Balaban J connectivity index is 1.83. The van der Waals surface area contributed by atoms with Crippen LogP contribution in [0.25, 0.3) is 0 Å². The maximum atomic E-state index is 5.81. The number of nitrogens with two attached hydrogens (primary N) is 1. The van der Waals surface area contributed by atoms with Crippen LogP contribution in [0.4, 0.5) is 0 Å². The van der Waals surface area contributed by atoms with E-state index < -0.39 is 0 Å². The minimum absolute atomic E-state index is 0.0481. The Hall–Kier alpha value is -1.46. The molecule has 5 heteroatoms. The summed E-state index contributed by atoms with van der Waals surface area (Å²) in [4.78, 5) is 0. The first kappa shape index (κ1) is 11.6. The Kier molecular flexibility index (Phi) is 3.01.